The van der Waals surface area contributed by atoms with Crippen molar-refractivity contribution in [2.75, 3.05) is 26.2 Å². The standard InChI is InChI=1S/C17H32N2O/c1-13-10-14(12-18-11-13)16(20)19-8-5-6-15(7-9-19)17(2,3)4/h13-15,18H,5-12H2,1-4H3. The van der Waals surface area contributed by atoms with Crippen LogP contribution in [0.25, 0.3) is 0 Å². The molecule has 1 amide bonds. The molecule has 3 nitrogen and oxygen atoms in total. The first kappa shape index (κ1) is 15.8. The Morgan fingerprint density at radius 2 is 1.90 bits per heavy atom. The van der Waals surface area contributed by atoms with Gasteiger partial charge in [-0.15, -0.1) is 0 Å². The predicted octanol–water partition coefficient (Wildman–Crippen LogP) is 2.91. The summed E-state index contributed by atoms with van der Waals surface area (Å²) in [4.78, 5) is 14.8. The van der Waals surface area contributed by atoms with Crippen molar-refractivity contribution in [2.45, 2.75) is 53.4 Å². The molecule has 0 bridgehead atoms. The van der Waals surface area contributed by atoms with Crippen molar-refractivity contribution in [3.8, 4) is 0 Å². The molecule has 0 aliphatic carbocycles. The molecule has 0 aromatic carbocycles. The van der Waals surface area contributed by atoms with Crippen LogP contribution in [0.4, 0.5) is 0 Å². The molecule has 0 spiro atoms. The number of nitrogens with one attached hydrogen (secondary N) is 1. The molecule has 3 heteroatoms. The molecule has 2 fully saturated rings. The molecule has 2 heterocycles. The summed E-state index contributed by atoms with van der Waals surface area (Å²) in [6.07, 6.45) is 4.67. The van der Waals surface area contributed by atoms with Gasteiger partial charge in [0.1, 0.15) is 0 Å². The highest BCUT2D eigenvalue weighted by Crippen LogP contribution is 2.34. The quantitative estimate of drug-likeness (QED) is 0.801. The van der Waals surface area contributed by atoms with Crippen LogP contribution in [-0.4, -0.2) is 37.0 Å². The minimum absolute atomic E-state index is 0.213. The van der Waals surface area contributed by atoms with Crippen LogP contribution >= 0.6 is 0 Å². The Balaban J connectivity index is 1.91. The van der Waals surface area contributed by atoms with Gasteiger partial charge in [0.25, 0.3) is 0 Å². The molecule has 2 saturated heterocycles. The summed E-state index contributed by atoms with van der Waals surface area (Å²) in [5, 5.41) is 3.41. The number of hydrogen-bond donors (Lipinski definition) is 1. The van der Waals surface area contributed by atoms with Crippen molar-refractivity contribution in [3.05, 3.63) is 0 Å². The van der Waals surface area contributed by atoms with Crippen molar-refractivity contribution in [1.29, 1.82) is 0 Å². The molecule has 3 unspecified atom stereocenters. The minimum atomic E-state index is 0.213. The van der Waals surface area contributed by atoms with E-state index in [4.69, 9.17) is 0 Å². The zero-order chi connectivity index (χ0) is 14.8. The normalized spacial score (nSPS) is 32.8. The summed E-state index contributed by atoms with van der Waals surface area (Å²) in [6, 6.07) is 0. The Bertz CT molecular complexity index is 334. The number of rotatable bonds is 1. The Morgan fingerprint density at radius 1 is 1.15 bits per heavy atom. The molecule has 0 aromatic heterocycles. The van der Waals surface area contributed by atoms with E-state index >= 15 is 0 Å². The maximum atomic E-state index is 12.7. The van der Waals surface area contributed by atoms with Gasteiger partial charge in [0, 0.05) is 19.6 Å². The summed E-state index contributed by atoms with van der Waals surface area (Å²) in [5.41, 5.74) is 0.375. The van der Waals surface area contributed by atoms with Gasteiger partial charge in [0.15, 0.2) is 0 Å². The number of likely N-dealkylation sites (tertiary alicyclic amines) is 1. The van der Waals surface area contributed by atoms with Crippen LogP contribution in [0.3, 0.4) is 0 Å². The van der Waals surface area contributed by atoms with E-state index in [2.05, 4.69) is 37.9 Å². The number of carbonyl (C=O) groups excluding carboxylic acids is 1. The first-order valence-corrected chi connectivity index (χ1v) is 8.37. The summed E-state index contributed by atoms with van der Waals surface area (Å²) < 4.78 is 0. The number of carbonyl (C=O) groups is 1. The zero-order valence-corrected chi connectivity index (χ0v) is 13.7. The van der Waals surface area contributed by atoms with Crippen LogP contribution in [0, 0.1) is 23.2 Å². The van der Waals surface area contributed by atoms with Crippen LogP contribution in [0.15, 0.2) is 0 Å². The highest BCUT2D eigenvalue weighted by Gasteiger charge is 2.32. The fourth-order valence-corrected chi connectivity index (χ4v) is 3.79. The van der Waals surface area contributed by atoms with Gasteiger partial charge in [-0.25, -0.2) is 0 Å². The predicted molar refractivity (Wildman–Crippen MR) is 83.5 cm³/mol. The van der Waals surface area contributed by atoms with Gasteiger partial charge < -0.3 is 10.2 Å². The fourth-order valence-electron chi connectivity index (χ4n) is 3.79. The van der Waals surface area contributed by atoms with E-state index in [0.29, 0.717) is 17.2 Å². The lowest BCUT2D eigenvalue weighted by Crippen LogP contribution is -2.45. The molecule has 2 rings (SSSR count). The molecule has 0 aromatic rings. The smallest absolute Gasteiger partial charge is 0.226 e. The van der Waals surface area contributed by atoms with E-state index in [0.717, 1.165) is 38.5 Å². The van der Waals surface area contributed by atoms with Crippen LogP contribution in [0.1, 0.15) is 53.4 Å². The van der Waals surface area contributed by atoms with E-state index in [1.54, 1.807) is 0 Å². The fraction of sp³-hybridized carbons (Fsp3) is 0.941. The Morgan fingerprint density at radius 3 is 2.55 bits per heavy atom. The Labute approximate surface area is 124 Å². The van der Waals surface area contributed by atoms with Gasteiger partial charge in [-0.3, -0.25) is 4.79 Å². The second kappa shape index (κ2) is 6.46. The molecule has 20 heavy (non-hydrogen) atoms. The second-order valence-corrected chi connectivity index (χ2v) is 8.02. The van der Waals surface area contributed by atoms with Gasteiger partial charge in [0.2, 0.25) is 5.91 Å². The highest BCUT2D eigenvalue weighted by molar-refractivity contribution is 5.79. The van der Waals surface area contributed by atoms with E-state index in [1.807, 2.05) is 0 Å². The number of amides is 1. The summed E-state index contributed by atoms with van der Waals surface area (Å²) >= 11 is 0. The zero-order valence-electron chi connectivity index (χ0n) is 13.7. The average molecular weight is 280 g/mol. The van der Waals surface area contributed by atoms with E-state index in [1.165, 1.54) is 19.3 Å². The maximum Gasteiger partial charge on any atom is 0.226 e. The number of piperidine rings is 1. The maximum absolute atomic E-state index is 12.7. The molecule has 3 atom stereocenters. The Hall–Kier alpha value is -0.570. The molecular formula is C17H32N2O. The average Bonchev–Trinajstić information content (AvgIpc) is 2.63. The van der Waals surface area contributed by atoms with Gasteiger partial charge in [-0.1, -0.05) is 27.7 Å². The monoisotopic (exact) mass is 280 g/mol. The van der Waals surface area contributed by atoms with Gasteiger partial charge in [-0.05, 0) is 49.5 Å². The van der Waals surface area contributed by atoms with E-state index in [9.17, 15) is 4.79 Å². The second-order valence-electron chi connectivity index (χ2n) is 8.02. The summed E-state index contributed by atoms with van der Waals surface area (Å²) in [7, 11) is 0. The third-order valence-corrected chi connectivity index (χ3v) is 5.18. The number of nitrogens with zero attached hydrogens (tertiary/aromatic N) is 1. The third kappa shape index (κ3) is 3.97. The molecular weight excluding hydrogens is 248 g/mol. The molecule has 116 valence electrons. The lowest BCUT2D eigenvalue weighted by atomic mass is 9.77. The Kier molecular flexibility index (Phi) is 5.11. The van der Waals surface area contributed by atoms with Crippen molar-refractivity contribution < 1.29 is 4.79 Å². The van der Waals surface area contributed by atoms with Gasteiger partial charge in [-0.2, -0.15) is 0 Å². The molecule has 1 N–H and O–H groups in total. The van der Waals surface area contributed by atoms with E-state index < -0.39 is 0 Å². The highest BCUT2D eigenvalue weighted by atomic mass is 16.2. The van der Waals surface area contributed by atoms with Crippen molar-refractivity contribution in [3.63, 3.8) is 0 Å². The van der Waals surface area contributed by atoms with Crippen molar-refractivity contribution in [2.24, 2.45) is 23.2 Å². The van der Waals surface area contributed by atoms with Crippen LogP contribution in [0.5, 0.6) is 0 Å². The molecule has 0 saturated carbocycles. The number of hydrogen-bond acceptors (Lipinski definition) is 2. The lowest BCUT2D eigenvalue weighted by molar-refractivity contribution is -0.136. The first-order chi connectivity index (χ1) is 9.38. The van der Waals surface area contributed by atoms with Crippen LogP contribution < -0.4 is 5.32 Å². The van der Waals surface area contributed by atoms with Crippen LogP contribution in [-0.2, 0) is 4.79 Å². The topological polar surface area (TPSA) is 32.3 Å². The molecule has 2 aliphatic heterocycles. The van der Waals surface area contributed by atoms with Crippen LogP contribution in [0.2, 0.25) is 0 Å². The van der Waals surface area contributed by atoms with Crippen molar-refractivity contribution >= 4 is 5.91 Å². The minimum Gasteiger partial charge on any atom is -0.342 e. The van der Waals surface area contributed by atoms with Gasteiger partial charge >= 0.3 is 0 Å². The summed E-state index contributed by atoms with van der Waals surface area (Å²) in [6.45, 7) is 13.1. The van der Waals surface area contributed by atoms with Crippen molar-refractivity contribution in [1.82, 2.24) is 10.2 Å². The molecule has 2 aliphatic rings. The van der Waals surface area contributed by atoms with E-state index in [-0.39, 0.29) is 5.92 Å². The largest absolute Gasteiger partial charge is 0.342 e. The SMILES string of the molecule is CC1CNCC(C(=O)N2CCCC(C(C)(C)C)CC2)C1. The van der Waals surface area contributed by atoms with Gasteiger partial charge in [0.05, 0.1) is 5.92 Å². The third-order valence-electron chi connectivity index (χ3n) is 5.18. The first-order valence-electron chi connectivity index (χ1n) is 8.37. The lowest BCUT2D eigenvalue weighted by Gasteiger charge is -2.32. The molecule has 0 radical (unpaired) electrons. The summed E-state index contributed by atoms with van der Waals surface area (Å²) in [5.74, 6) is 2.00.